The number of anilines is 1. The molecule has 20 heavy (non-hydrogen) atoms. The molecule has 0 bridgehead atoms. The molecule has 3 aromatic rings. The van der Waals surface area contributed by atoms with Crippen molar-refractivity contribution >= 4 is 28.1 Å². The number of halogens is 1. The number of hydrogen-bond acceptors (Lipinski definition) is 1. The fraction of sp³-hybridized carbons (Fsp3) is 0.111. The molecular formula is C18H14ClN. The normalized spacial score (nSPS) is 13.1. The first-order valence-electron chi connectivity index (χ1n) is 6.83. The molecule has 0 fully saturated rings. The van der Waals surface area contributed by atoms with Crippen molar-refractivity contribution in [1.29, 1.82) is 0 Å². The third kappa shape index (κ3) is 1.63. The fourth-order valence-corrected chi connectivity index (χ4v) is 3.37. The van der Waals surface area contributed by atoms with E-state index in [2.05, 4.69) is 30.3 Å². The van der Waals surface area contributed by atoms with E-state index >= 15 is 0 Å². The molecule has 0 spiro atoms. The van der Waals surface area contributed by atoms with E-state index in [0.717, 1.165) is 18.4 Å². The molecule has 3 aromatic carbocycles. The van der Waals surface area contributed by atoms with Gasteiger partial charge in [-0.15, -0.1) is 0 Å². The predicted molar refractivity (Wildman–Crippen MR) is 86.2 cm³/mol. The van der Waals surface area contributed by atoms with Crippen LogP contribution in [-0.2, 0) is 12.8 Å². The van der Waals surface area contributed by atoms with E-state index in [1.54, 1.807) is 0 Å². The van der Waals surface area contributed by atoms with Crippen LogP contribution in [0.5, 0.6) is 0 Å². The molecule has 0 aliphatic heterocycles. The Labute approximate surface area is 123 Å². The van der Waals surface area contributed by atoms with Crippen LogP contribution in [0.3, 0.4) is 0 Å². The minimum atomic E-state index is 0.616. The van der Waals surface area contributed by atoms with Gasteiger partial charge in [0.15, 0.2) is 0 Å². The van der Waals surface area contributed by atoms with Gasteiger partial charge in [0.05, 0.1) is 10.7 Å². The van der Waals surface area contributed by atoms with E-state index in [9.17, 15) is 0 Å². The summed E-state index contributed by atoms with van der Waals surface area (Å²) in [5, 5.41) is 3.36. The molecule has 2 heteroatoms. The predicted octanol–water partition coefficient (Wildman–Crippen LogP) is 4.84. The first-order chi connectivity index (χ1) is 9.74. The van der Waals surface area contributed by atoms with Gasteiger partial charge in [-0.3, -0.25) is 0 Å². The van der Waals surface area contributed by atoms with Crippen LogP contribution in [0.15, 0.2) is 48.5 Å². The molecule has 0 radical (unpaired) electrons. The van der Waals surface area contributed by atoms with Crippen LogP contribution in [-0.4, -0.2) is 0 Å². The maximum atomic E-state index is 6.16. The summed E-state index contributed by atoms with van der Waals surface area (Å²) in [6.45, 7) is 0. The van der Waals surface area contributed by atoms with E-state index in [4.69, 9.17) is 17.3 Å². The third-order valence-electron chi connectivity index (χ3n) is 4.19. The summed E-state index contributed by atoms with van der Waals surface area (Å²) < 4.78 is 0. The lowest BCUT2D eigenvalue weighted by Gasteiger charge is -2.10. The van der Waals surface area contributed by atoms with Crippen LogP contribution >= 0.6 is 11.6 Å². The lowest BCUT2D eigenvalue weighted by atomic mass is 9.95. The Morgan fingerprint density at radius 1 is 0.900 bits per heavy atom. The van der Waals surface area contributed by atoms with Crippen LogP contribution < -0.4 is 5.73 Å². The van der Waals surface area contributed by atoms with Gasteiger partial charge in [-0.05, 0) is 58.0 Å². The quantitative estimate of drug-likeness (QED) is 0.634. The van der Waals surface area contributed by atoms with Crippen molar-refractivity contribution in [3.63, 3.8) is 0 Å². The average Bonchev–Trinajstić information content (AvgIpc) is 2.88. The zero-order valence-electron chi connectivity index (χ0n) is 11.0. The number of rotatable bonds is 1. The van der Waals surface area contributed by atoms with Crippen molar-refractivity contribution in [3.8, 4) is 11.1 Å². The molecule has 0 aromatic heterocycles. The molecule has 4 rings (SSSR count). The van der Waals surface area contributed by atoms with Crippen LogP contribution in [0.2, 0.25) is 5.02 Å². The van der Waals surface area contributed by atoms with Gasteiger partial charge in [0.25, 0.3) is 0 Å². The van der Waals surface area contributed by atoms with Gasteiger partial charge in [-0.2, -0.15) is 0 Å². The highest BCUT2D eigenvalue weighted by Crippen LogP contribution is 2.38. The van der Waals surface area contributed by atoms with Gasteiger partial charge in [-0.1, -0.05) is 48.0 Å². The highest BCUT2D eigenvalue weighted by Gasteiger charge is 2.16. The highest BCUT2D eigenvalue weighted by atomic mass is 35.5. The van der Waals surface area contributed by atoms with E-state index in [1.165, 1.54) is 27.5 Å². The minimum Gasteiger partial charge on any atom is -0.398 e. The molecule has 0 amide bonds. The summed E-state index contributed by atoms with van der Waals surface area (Å²) in [5.74, 6) is 0. The number of aryl methyl sites for hydroxylation is 2. The molecule has 0 unspecified atom stereocenters. The number of benzene rings is 3. The lowest BCUT2D eigenvalue weighted by Crippen LogP contribution is -1.88. The van der Waals surface area contributed by atoms with E-state index < -0.39 is 0 Å². The zero-order valence-corrected chi connectivity index (χ0v) is 11.7. The summed E-state index contributed by atoms with van der Waals surface area (Å²) in [6.07, 6.45) is 2.30. The molecule has 1 aliphatic carbocycles. The molecule has 0 saturated carbocycles. The Morgan fingerprint density at radius 3 is 2.50 bits per heavy atom. The topological polar surface area (TPSA) is 26.0 Å². The largest absolute Gasteiger partial charge is 0.398 e. The van der Waals surface area contributed by atoms with Gasteiger partial charge in [0.2, 0.25) is 0 Å². The summed E-state index contributed by atoms with van der Waals surface area (Å²) in [4.78, 5) is 0. The lowest BCUT2D eigenvalue weighted by molar-refractivity contribution is 1.02. The van der Waals surface area contributed by atoms with Gasteiger partial charge in [-0.25, -0.2) is 0 Å². The first-order valence-corrected chi connectivity index (χ1v) is 7.21. The van der Waals surface area contributed by atoms with E-state index in [0.29, 0.717) is 10.7 Å². The molecule has 1 aliphatic rings. The van der Waals surface area contributed by atoms with Crippen molar-refractivity contribution in [1.82, 2.24) is 0 Å². The van der Waals surface area contributed by atoms with E-state index in [1.807, 2.05) is 18.2 Å². The Balaban J connectivity index is 2.04. The highest BCUT2D eigenvalue weighted by molar-refractivity contribution is 6.33. The van der Waals surface area contributed by atoms with Crippen molar-refractivity contribution < 1.29 is 0 Å². The van der Waals surface area contributed by atoms with Crippen molar-refractivity contribution in [2.45, 2.75) is 12.8 Å². The minimum absolute atomic E-state index is 0.616. The maximum Gasteiger partial charge on any atom is 0.0641 e. The first kappa shape index (κ1) is 11.8. The van der Waals surface area contributed by atoms with E-state index in [-0.39, 0.29) is 0 Å². The Bertz CT molecular complexity index is 826. The van der Waals surface area contributed by atoms with Gasteiger partial charge in [0, 0.05) is 0 Å². The SMILES string of the molecule is Nc1ccc(-c2ccc3c4c(cccc24)CC3)cc1Cl. The molecule has 0 saturated heterocycles. The molecule has 0 heterocycles. The van der Waals surface area contributed by atoms with Crippen LogP contribution in [0.25, 0.3) is 21.9 Å². The molecular weight excluding hydrogens is 266 g/mol. The summed E-state index contributed by atoms with van der Waals surface area (Å²) >= 11 is 6.16. The molecule has 98 valence electrons. The fourth-order valence-electron chi connectivity index (χ4n) is 3.19. The second kappa shape index (κ2) is 4.26. The third-order valence-corrected chi connectivity index (χ3v) is 4.52. The van der Waals surface area contributed by atoms with Gasteiger partial charge < -0.3 is 5.73 Å². The number of hydrogen-bond donors (Lipinski definition) is 1. The standard InChI is InChI=1S/C18H14ClN/c19-16-10-13(7-9-17(16)20)14-8-6-12-5-4-11-2-1-3-15(14)18(11)12/h1-3,6-10H,4-5,20H2. The molecule has 1 nitrogen and oxygen atoms in total. The summed E-state index contributed by atoms with van der Waals surface area (Å²) in [7, 11) is 0. The Hall–Kier alpha value is -1.99. The van der Waals surface area contributed by atoms with Crippen LogP contribution in [0, 0.1) is 0 Å². The molecule has 2 N–H and O–H groups in total. The van der Waals surface area contributed by atoms with Crippen molar-refractivity contribution in [2.24, 2.45) is 0 Å². The van der Waals surface area contributed by atoms with Crippen LogP contribution in [0.4, 0.5) is 5.69 Å². The summed E-state index contributed by atoms with van der Waals surface area (Å²) in [6, 6.07) is 16.9. The maximum absolute atomic E-state index is 6.16. The Kier molecular flexibility index (Phi) is 2.51. The van der Waals surface area contributed by atoms with Crippen molar-refractivity contribution in [3.05, 3.63) is 64.7 Å². The van der Waals surface area contributed by atoms with Crippen LogP contribution in [0.1, 0.15) is 11.1 Å². The monoisotopic (exact) mass is 279 g/mol. The second-order valence-electron chi connectivity index (χ2n) is 5.35. The Morgan fingerprint density at radius 2 is 1.70 bits per heavy atom. The second-order valence-corrected chi connectivity index (χ2v) is 5.76. The summed E-state index contributed by atoms with van der Waals surface area (Å²) in [5.41, 5.74) is 11.7. The van der Waals surface area contributed by atoms with Gasteiger partial charge in [0.1, 0.15) is 0 Å². The molecule has 0 atom stereocenters. The van der Waals surface area contributed by atoms with Gasteiger partial charge >= 0.3 is 0 Å². The number of nitrogens with two attached hydrogens (primary N) is 1. The zero-order chi connectivity index (χ0) is 13.7. The average molecular weight is 280 g/mol. The smallest absolute Gasteiger partial charge is 0.0641 e. The number of nitrogen functional groups attached to an aromatic ring is 1. The van der Waals surface area contributed by atoms with Crippen molar-refractivity contribution in [2.75, 3.05) is 5.73 Å².